The Morgan fingerprint density at radius 2 is 1.76 bits per heavy atom. The minimum atomic E-state index is -0.544. The molecule has 0 aromatic heterocycles. The number of halogens is 1. The molecule has 5 nitrogen and oxygen atoms in total. The van der Waals surface area contributed by atoms with Gasteiger partial charge < -0.3 is 10.1 Å². The molecule has 2 aliphatic rings. The number of cyclic esters (lactones) is 1. The number of esters is 1. The molecular formula is C23H25ClN2O3. The molecule has 2 aromatic carbocycles. The molecule has 4 rings (SSSR count). The number of rotatable bonds is 5. The normalized spacial score (nSPS) is 23.0. The van der Waals surface area contributed by atoms with Crippen molar-refractivity contribution >= 4 is 23.5 Å². The Labute approximate surface area is 176 Å². The molecule has 0 aliphatic carbocycles. The molecule has 1 amide bonds. The van der Waals surface area contributed by atoms with E-state index in [1.54, 1.807) is 12.1 Å². The Balaban J connectivity index is 1.32. The van der Waals surface area contributed by atoms with Crippen LogP contribution in [0.1, 0.15) is 36.5 Å². The third kappa shape index (κ3) is 4.98. The van der Waals surface area contributed by atoms with Gasteiger partial charge in [0.15, 0.2) is 0 Å². The second-order valence-corrected chi connectivity index (χ2v) is 8.25. The van der Waals surface area contributed by atoms with Gasteiger partial charge >= 0.3 is 5.97 Å². The first-order valence-corrected chi connectivity index (χ1v) is 10.5. The molecule has 1 N–H and O–H groups in total. The summed E-state index contributed by atoms with van der Waals surface area (Å²) in [5, 5.41) is 3.77. The molecule has 2 fully saturated rings. The van der Waals surface area contributed by atoms with E-state index in [0.29, 0.717) is 5.02 Å². The third-order valence-corrected chi connectivity index (χ3v) is 5.98. The summed E-state index contributed by atoms with van der Waals surface area (Å²) in [5.41, 5.74) is 2.11. The number of ether oxygens (including phenoxy) is 1. The predicted octanol–water partition coefficient (Wildman–Crippen LogP) is 3.73. The van der Waals surface area contributed by atoms with Gasteiger partial charge in [0.2, 0.25) is 5.91 Å². The molecule has 2 saturated heterocycles. The van der Waals surface area contributed by atoms with Crippen LogP contribution in [0.2, 0.25) is 5.02 Å². The highest BCUT2D eigenvalue weighted by atomic mass is 35.5. The van der Waals surface area contributed by atoms with Gasteiger partial charge in [-0.15, -0.1) is 0 Å². The lowest BCUT2D eigenvalue weighted by atomic mass is 9.93. The highest BCUT2D eigenvalue weighted by Gasteiger charge is 2.41. The van der Waals surface area contributed by atoms with E-state index in [4.69, 9.17) is 16.3 Å². The highest BCUT2D eigenvalue weighted by Crippen LogP contribution is 2.36. The Morgan fingerprint density at radius 1 is 1.07 bits per heavy atom. The lowest BCUT2D eigenvalue weighted by molar-refractivity contribution is -0.141. The van der Waals surface area contributed by atoms with E-state index in [1.807, 2.05) is 18.2 Å². The fourth-order valence-corrected chi connectivity index (χ4v) is 4.25. The predicted molar refractivity (Wildman–Crippen MR) is 111 cm³/mol. The zero-order valence-corrected chi connectivity index (χ0v) is 17.0. The molecule has 0 radical (unpaired) electrons. The summed E-state index contributed by atoms with van der Waals surface area (Å²) in [5.74, 6) is -0.925. The fourth-order valence-electron chi connectivity index (χ4n) is 4.13. The molecule has 2 aliphatic heterocycles. The summed E-state index contributed by atoms with van der Waals surface area (Å²) < 4.78 is 5.44. The van der Waals surface area contributed by atoms with Crippen molar-refractivity contribution in [2.75, 3.05) is 13.1 Å². The molecule has 2 heterocycles. The SMILES string of the molecule is O=C1C[C@@H](C(=O)NC2CCN(Cc3ccccc3)CC2)[C@H](c2ccc(Cl)cc2)O1. The third-order valence-electron chi connectivity index (χ3n) is 5.73. The molecule has 2 aromatic rings. The van der Waals surface area contributed by atoms with Crippen LogP contribution in [-0.2, 0) is 20.9 Å². The van der Waals surface area contributed by atoms with Crippen molar-refractivity contribution in [2.45, 2.75) is 38.0 Å². The van der Waals surface area contributed by atoms with Gasteiger partial charge in [-0.3, -0.25) is 14.5 Å². The summed E-state index contributed by atoms with van der Waals surface area (Å²) in [6.07, 6.45) is 1.39. The van der Waals surface area contributed by atoms with Crippen molar-refractivity contribution in [3.63, 3.8) is 0 Å². The van der Waals surface area contributed by atoms with Crippen molar-refractivity contribution in [3.8, 4) is 0 Å². The number of benzene rings is 2. The van der Waals surface area contributed by atoms with Gasteiger partial charge in [0.05, 0.1) is 12.3 Å². The van der Waals surface area contributed by atoms with Crippen molar-refractivity contribution in [3.05, 3.63) is 70.7 Å². The Morgan fingerprint density at radius 3 is 2.45 bits per heavy atom. The molecule has 6 heteroatoms. The van der Waals surface area contributed by atoms with Crippen molar-refractivity contribution in [1.29, 1.82) is 0 Å². The van der Waals surface area contributed by atoms with Crippen LogP contribution in [0.4, 0.5) is 0 Å². The maximum atomic E-state index is 12.9. The van der Waals surface area contributed by atoms with Crippen LogP contribution >= 0.6 is 11.6 Å². The van der Waals surface area contributed by atoms with Crippen molar-refractivity contribution in [1.82, 2.24) is 10.2 Å². The first kappa shape index (κ1) is 19.9. The van der Waals surface area contributed by atoms with Crippen molar-refractivity contribution in [2.24, 2.45) is 5.92 Å². The van der Waals surface area contributed by atoms with Crippen LogP contribution in [0, 0.1) is 5.92 Å². The summed E-state index contributed by atoms with van der Waals surface area (Å²) in [6, 6.07) is 17.7. The van der Waals surface area contributed by atoms with E-state index in [-0.39, 0.29) is 24.3 Å². The molecule has 0 bridgehead atoms. The molecule has 29 heavy (non-hydrogen) atoms. The first-order chi connectivity index (χ1) is 14.1. The van der Waals surface area contributed by atoms with E-state index in [0.717, 1.165) is 38.0 Å². The maximum Gasteiger partial charge on any atom is 0.307 e. The number of amides is 1. The van der Waals surface area contributed by atoms with Crippen LogP contribution in [0.25, 0.3) is 0 Å². The van der Waals surface area contributed by atoms with Gasteiger partial charge in [-0.25, -0.2) is 0 Å². The number of piperidine rings is 1. The van der Waals surface area contributed by atoms with Crippen LogP contribution in [0.5, 0.6) is 0 Å². The number of hydrogen-bond acceptors (Lipinski definition) is 4. The largest absolute Gasteiger partial charge is 0.457 e. The summed E-state index contributed by atoms with van der Waals surface area (Å²) in [7, 11) is 0. The first-order valence-electron chi connectivity index (χ1n) is 10.1. The quantitative estimate of drug-likeness (QED) is 0.760. The van der Waals surface area contributed by atoms with Crippen LogP contribution < -0.4 is 5.32 Å². The van der Waals surface area contributed by atoms with Gasteiger partial charge in [-0.2, -0.15) is 0 Å². The Bertz CT molecular complexity index is 848. The average Bonchev–Trinajstić information content (AvgIpc) is 3.13. The van der Waals surface area contributed by atoms with Gasteiger partial charge in [-0.05, 0) is 36.1 Å². The lowest BCUT2D eigenvalue weighted by Crippen LogP contribution is -2.46. The summed E-state index contributed by atoms with van der Waals surface area (Å²) in [4.78, 5) is 27.2. The maximum absolute atomic E-state index is 12.9. The lowest BCUT2D eigenvalue weighted by Gasteiger charge is -2.33. The van der Waals surface area contributed by atoms with Crippen LogP contribution in [-0.4, -0.2) is 35.9 Å². The number of nitrogens with zero attached hydrogens (tertiary/aromatic N) is 1. The summed E-state index contributed by atoms with van der Waals surface area (Å²) in [6.45, 7) is 2.83. The molecular weight excluding hydrogens is 388 g/mol. The number of nitrogens with one attached hydrogen (secondary N) is 1. The van der Waals surface area contributed by atoms with E-state index >= 15 is 0 Å². The smallest absolute Gasteiger partial charge is 0.307 e. The number of likely N-dealkylation sites (tertiary alicyclic amines) is 1. The Kier molecular flexibility index (Phi) is 6.16. The second kappa shape index (κ2) is 8.97. The van der Waals surface area contributed by atoms with E-state index in [2.05, 4.69) is 34.5 Å². The number of carbonyl (C=O) groups excluding carboxylic acids is 2. The minimum absolute atomic E-state index is 0.0997. The Hall–Kier alpha value is -2.37. The number of carbonyl (C=O) groups is 2. The van der Waals surface area contributed by atoms with Crippen LogP contribution in [0.15, 0.2) is 54.6 Å². The second-order valence-electron chi connectivity index (χ2n) is 7.82. The van der Waals surface area contributed by atoms with E-state index in [1.165, 1.54) is 5.56 Å². The molecule has 2 atom stereocenters. The van der Waals surface area contributed by atoms with E-state index in [9.17, 15) is 9.59 Å². The highest BCUT2D eigenvalue weighted by molar-refractivity contribution is 6.30. The van der Waals surface area contributed by atoms with E-state index < -0.39 is 12.0 Å². The molecule has 0 unspecified atom stereocenters. The van der Waals surface area contributed by atoms with Crippen molar-refractivity contribution < 1.29 is 14.3 Å². The average molecular weight is 413 g/mol. The minimum Gasteiger partial charge on any atom is -0.457 e. The summed E-state index contributed by atoms with van der Waals surface area (Å²) >= 11 is 5.95. The van der Waals surface area contributed by atoms with Gasteiger partial charge in [0.25, 0.3) is 0 Å². The zero-order valence-electron chi connectivity index (χ0n) is 16.2. The molecule has 0 saturated carbocycles. The topological polar surface area (TPSA) is 58.6 Å². The zero-order chi connectivity index (χ0) is 20.2. The monoisotopic (exact) mass is 412 g/mol. The standard InChI is InChI=1S/C23H25ClN2O3/c24-18-8-6-17(7-9-18)22-20(14-21(27)29-22)23(28)25-19-10-12-26(13-11-19)15-16-4-2-1-3-5-16/h1-9,19-20,22H,10-15H2,(H,25,28)/t20-,22+/m1/s1. The fraction of sp³-hybridized carbons (Fsp3) is 0.391. The van der Waals surface area contributed by atoms with Gasteiger partial charge in [0, 0.05) is 30.7 Å². The number of hydrogen-bond donors (Lipinski definition) is 1. The molecule has 152 valence electrons. The van der Waals surface area contributed by atoms with Gasteiger partial charge in [0.1, 0.15) is 6.10 Å². The molecule has 0 spiro atoms. The van der Waals surface area contributed by atoms with Gasteiger partial charge in [-0.1, -0.05) is 54.1 Å². The van der Waals surface area contributed by atoms with Crippen LogP contribution in [0.3, 0.4) is 0 Å².